The van der Waals surface area contributed by atoms with E-state index in [0.717, 1.165) is 0 Å². The van der Waals surface area contributed by atoms with Crippen molar-refractivity contribution in [1.82, 2.24) is 0 Å². The Hall–Kier alpha value is -0.960. The van der Waals surface area contributed by atoms with Crippen LogP contribution < -0.4 is 5.73 Å². The molecule has 62 valence electrons. The van der Waals surface area contributed by atoms with Crippen LogP contribution in [0, 0.1) is 0 Å². The standard InChI is InChI=1S/C8H13NO2/c1-5(2)7(10)4-8(11)6(3)9/h6H,1,4,9H2,2-3H3. The zero-order valence-electron chi connectivity index (χ0n) is 6.89. The van der Waals surface area contributed by atoms with Gasteiger partial charge in [0, 0.05) is 0 Å². The summed E-state index contributed by atoms with van der Waals surface area (Å²) in [6.07, 6.45) is -0.118. The van der Waals surface area contributed by atoms with Crippen LogP contribution in [0.5, 0.6) is 0 Å². The van der Waals surface area contributed by atoms with Crippen LogP contribution in [0.1, 0.15) is 20.3 Å². The third-order valence-corrected chi connectivity index (χ3v) is 1.32. The molecule has 0 aliphatic heterocycles. The number of carbonyl (C=O) groups excluding carboxylic acids is 2. The molecule has 0 saturated heterocycles. The van der Waals surface area contributed by atoms with Gasteiger partial charge in [0.05, 0.1) is 12.5 Å². The molecule has 3 heteroatoms. The van der Waals surface area contributed by atoms with E-state index in [9.17, 15) is 9.59 Å². The molecule has 0 amide bonds. The van der Waals surface area contributed by atoms with Crippen molar-refractivity contribution in [2.24, 2.45) is 5.73 Å². The first-order valence-corrected chi connectivity index (χ1v) is 3.42. The van der Waals surface area contributed by atoms with Crippen molar-refractivity contribution in [2.75, 3.05) is 0 Å². The maximum absolute atomic E-state index is 10.9. The molecule has 1 atom stereocenters. The van der Waals surface area contributed by atoms with E-state index in [1.54, 1.807) is 13.8 Å². The normalized spacial score (nSPS) is 12.3. The summed E-state index contributed by atoms with van der Waals surface area (Å²) < 4.78 is 0. The highest BCUT2D eigenvalue weighted by Gasteiger charge is 2.12. The van der Waals surface area contributed by atoms with Gasteiger partial charge in [0.25, 0.3) is 0 Å². The van der Waals surface area contributed by atoms with Crippen LogP contribution in [-0.4, -0.2) is 17.6 Å². The fraction of sp³-hybridized carbons (Fsp3) is 0.500. The summed E-state index contributed by atoms with van der Waals surface area (Å²) in [5, 5.41) is 0. The number of hydrogen-bond acceptors (Lipinski definition) is 3. The summed E-state index contributed by atoms with van der Waals surface area (Å²) in [6.45, 7) is 6.57. The number of nitrogens with two attached hydrogens (primary N) is 1. The molecule has 3 nitrogen and oxygen atoms in total. The summed E-state index contributed by atoms with van der Waals surface area (Å²) in [6, 6.07) is -0.557. The second kappa shape index (κ2) is 4.03. The monoisotopic (exact) mass is 155 g/mol. The number of ketones is 2. The quantitative estimate of drug-likeness (QED) is 0.473. The van der Waals surface area contributed by atoms with E-state index in [1.165, 1.54) is 0 Å². The first-order valence-electron chi connectivity index (χ1n) is 3.42. The topological polar surface area (TPSA) is 60.2 Å². The first-order chi connectivity index (χ1) is 4.95. The summed E-state index contributed by atoms with van der Waals surface area (Å²) >= 11 is 0. The molecule has 11 heavy (non-hydrogen) atoms. The van der Waals surface area contributed by atoms with Crippen LogP contribution in [0.25, 0.3) is 0 Å². The second-order valence-corrected chi connectivity index (χ2v) is 2.64. The SMILES string of the molecule is C=C(C)C(=O)CC(=O)C(C)N. The predicted octanol–water partition coefficient (Wildman–Crippen LogP) is 0.438. The highest BCUT2D eigenvalue weighted by molar-refractivity contribution is 6.08. The lowest BCUT2D eigenvalue weighted by atomic mass is 10.1. The van der Waals surface area contributed by atoms with Gasteiger partial charge in [-0.25, -0.2) is 0 Å². The lowest BCUT2D eigenvalue weighted by molar-refractivity contribution is -0.125. The Kier molecular flexibility index (Phi) is 3.68. The molecule has 0 saturated carbocycles. The molecule has 0 aliphatic carbocycles. The average molecular weight is 155 g/mol. The van der Waals surface area contributed by atoms with E-state index in [-0.39, 0.29) is 18.0 Å². The molecule has 0 rings (SSSR count). The number of allylic oxidation sites excluding steroid dienone is 1. The molecular weight excluding hydrogens is 142 g/mol. The van der Waals surface area contributed by atoms with E-state index >= 15 is 0 Å². The Morgan fingerprint density at radius 2 is 2.00 bits per heavy atom. The van der Waals surface area contributed by atoms with Gasteiger partial charge in [0.2, 0.25) is 0 Å². The van der Waals surface area contributed by atoms with Gasteiger partial charge in [-0.2, -0.15) is 0 Å². The van der Waals surface area contributed by atoms with Gasteiger partial charge in [0.1, 0.15) is 0 Å². The minimum Gasteiger partial charge on any atom is -0.322 e. The molecule has 0 aliphatic rings. The molecule has 0 fully saturated rings. The highest BCUT2D eigenvalue weighted by Crippen LogP contribution is 1.97. The first kappa shape index (κ1) is 10.0. The van der Waals surface area contributed by atoms with Gasteiger partial charge in [-0.3, -0.25) is 9.59 Å². The van der Waals surface area contributed by atoms with Crippen LogP contribution in [-0.2, 0) is 9.59 Å². The van der Waals surface area contributed by atoms with E-state index in [1.807, 2.05) is 0 Å². The Morgan fingerprint density at radius 3 is 2.27 bits per heavy atom. The van der Waals surface area contributed by atoms with Crippen molar-refractivity contribution < 1.29 is 9.59 Å². The smallest absolute Gasteiger partial charge is 0.165 e. The van der Waals surface area contributed by atoms with E-state index in [4.69, 9.17) is 5.73 Å². The molecule has 0 radical (unpaired) electrons. The van der Waals surface area contributed by atoms with Crippen molar-refractivity contribution in [3.8, 4) is 0 Å². The Labute approximate surface area is 66.3 Å². The summed E-state index contributed by atoms with van der Waals surface area (Å²) in [4.78, 5) is 21.8. The van der Waals surface area contributed by atoms with Gasteiger partial charge in [-0.1, -0.05) is 6.58 Å². The van der Waals surface area contributed by atoms with E-state index < -0.39 is 6.04 Å². The van der Waals surface area contributed by atoms with Crippen molar-refractivity contribution in [3.05, 3.63) is 12.2 Å². The van der Waals surface area contributed by atoms with Crippen LogP contribution in [0.2, 0.25) is 0 Å². The maximum atomic E-state index is 10.9. The lowest BCUT2D eigenvalue weighted by Gasteiger charge is -2.01. The minimum atomic E-state index is -0.557. The number of hydrogen-bond donors (Lipinski definition) is 1. The van der Waals surface area contributed by atoms with Crippen molar-refractivity contribution in [3.63, 3.8) is 0 Å². The molecule has 0 aromatic heterocycles. The van der Waals surface area contributed by atoms with Gasteiger partial charge >= 0.3 is 0 Å². The Morgan fingerprint density at radius 1 is 1.55 bits per heavy atom. The summed E-state index contributed by atoms with van der Waals surface area (Å²) in [5.41, 5.74) is 5.65. The van der Waals surface area contributed by atoms with Crippen molar-refractivity contribution >= 4 is 11.6 Å². The molecule has 0 heterocycles. The van der Waals surface area contributed by atoms with Crippen molar-refractivity contribution in [1.29, 1.82) is 0 Å². The molecule has 0 spiro atoms. The third-order valence-electron chi connectivity index (χ3n) is 1.32. The third kappa shape index (κ3) is 3.68. The van der Waals surface area contributed by atoms with E-state index in [2.05, 4.69) is 6.58 Å². The zero-order chi connectivity index (χ0) is 9.02. The summed E-state index contributed by atoms with van der Waals surface area (Å²) in [5.74, 6) is -0.467. The Bertz CT molecular complexity index is 194. The lowest BCUT2D eigenvalue weighted by Crippen LogP contribution is -2.28. The summed E-state index contributed by atoms with van der Waals surface area (Å²) in [7, 11) is 0. The van der Waals surface area contributed by atoms with Crippen LogP contribution in [0.4, 0.5) is 0 Å². The second-order valence-electron chi connectivity index (χ2n) is 2.64. The molecule has 2 N–H and O–H groups in total. The largest absolute Gasteiger partial charge is 0.322 e. The molecule has 0 aromatic carbocycles. The fourth-order valence-electron chi connectivity index (χ4n) is 0.470. The average Bonchev–Trinajstić information content (AvgIpc) is 1.87. The maximum Gasteiger partial charge on any atom is 0.165 e. The van der Waals surface area contributed by atoms with Gasteiger partial charge < -0.3 is 5.73 Å². The highest BCUT2D eigenvalue weighted by atomic mass is 16.1. The fourth-order valence-corrected chi connectivity index (χ4v) is 0.470. The number of Topliss-reactive ketones (excluding diaryl/α,β-unsaturated/α-hetero) is 2. The Balaban J connectivity index is 3.96. The van der Waals surface area contributed by atoms with Crippen molar-refractivity contribution in [2.45, 2.75) is 26.3 Å². The molecule has 0 bridgehead atoms. The predicted molar refractivity (Wildman–Crippen MR) is 43.1 cm³/mol. The minimum absolute atomic E-state index is 0.118. The zero-order valence-corrected chi connectivity index (χ0v) is 6.89. The number of rotatable bonds is 4. The van der Waals surface area contributed by atoms with Gasteiger partial charge in [0.15, 0.2) is 11.6 Å². The van der Waals surface area contributed by atoms with Crippen LogP contribution in [0.3, 0.4) is 0 Å². The van der Waals surface area contributed by atoms with Crippen LogP contribution >= 0.6 is 0 Å². The molecule has 0 aromatic rings. The number of carbonyl (C=O) groups is 2. The van der Waals surface area contributed by atoms with Gasteiger partial charge in [-0.15, -0.1) is 0 Å². The molecule has 1 unspecified atom stereocenters. The van der Waals surface area contributed by atoms with E-state index in [0.29, 0.717) is 5.57 Å². The van der Waals surface area contributed by atoms with Crippen LogP contribution in [0.15, 0.2) is 12.2 Å². The van der Waals surface area contributed by atoms with Gasteiger partial charge in [-0.05, 0) is 19.4 Å². The molecular formula is C8H13NO2.